The average molecular weight is 587 g/mol. The van der Waals surface area contributed by atoms with Gasteiger partial charge in [-0.2, -0.15) is 13.2 Å². The number of carbonyl (C=O) groups is 2. The number of hydrogen-bond donors (Lipinski definition) is 2. The first-order chi connectivity index (χ1) is 19.6. The lowest BCUT2D eigenvalue weighted by Crippen LogP contribution is -2.46. The maximum Gasteiger partial charge on any atom is 0.416 e. The fraction of sp³-hybridized carbons (Fsp3) is 0.267. The summed E-state index contributed by atoms with van der Waals surface area (Å²) in [5.41, 5.74) is 2.26. The minimum atomic E-state index is -4.46. The summed E-state index contributed by atoms with van der Waals surface area (Å²) < 4.78 is 44.4. The van der Waals surface area contributed by atoms with Crippen molar-refractivity contribution in [2.45, 2.75) is 19.1 Å². The summed E-state index contributed by atoms with van der Waals surface area (Å²) in [6.45, 7) is 0.472. The van der Waals surface area contributed by atoms with E-state index < -0.39 is 17.8 Å². The number of anilines is 1. The zero-order chi connectivity index (χ0) is 29.4. The Morgan fingerprint density at radius 1 is 0.951 bits per heavy atom. The summed E-state index contributed by atoms with van der Waals surface area (Å²) >= 11 is 5.93. The third-order valence-electron chi connectivity index (χ3n) is 6.61. The largest absolute Gasteiger partial charge is 0.416 e. The van der Waals surface area contributed by atoms with Gasteiger partial charge in [-0.05, 0) is 60.0 Å². The standard InChI is InChI=1S/C30H30ClF3N4O3/c1-41-17-16-38(29(40)36-25-12-10-24(31)11-13-25)20-28(39)37(19-21-6-8-23(9-7-21)30(32,33)34)15-14-22-18-35-27-5-3-2-4-26(22)27/h2-13,18,35H,14-17,19-20H2,1H3,(H,36,40). The van der Waals surface area contributed by atoms with Gasteiger partial charge in [0, 0.05) is 54.6 Å². The van der Waals surface area contributed by atoms with Gasteiger partial charge in [0.2, 0.25) is 5.91 Å². The van der Waals surface area contributed by atoms with Gasteiger partial charge >= 0.3 is 12.2 Å². The Hall–Kier alpha value is -4.02. The number of hydrogen-bond acceptors (Lipinski definition) is 3. The summed E-state index contributed by atoms with van der Waals surface area (Å²) in [5.74, 6) is -0.355. The van der Waals surface area contributed by atoms with Crippen molar-refractivity contribution < 1.29 is 27.5 Å². The molecule has 0 atom stereocenters. The number of methoxy groups -OCH3 is 1. The van der Waals surface area contributed by atoms with Crippen LogP contribution in [0.15, 0.2) is 79.0 Å². The van der Waals surface area contributed by atoms with E-state index in [1.807, 2.05) is 30.5 Å². The number of rotatable bonds is 11. The van der Waals surface area contributed by atoms with Gasteiger partial charge in [0.25, 0.3) is 0 Å². The molecule has 1 heterocycles. The van der Waals surface area contributed by atoms with Gasteiger partial charge in [0.05, 0.1) is 12.2 Å². The molecule has 0 fully saturated rings. The molecule has 0 unspecified atom stereocenters. The van der Waals surface area contributed by atoms with Gasteiger partial charge in [-0.1, -0.05) is 41.9 Å². The van der Waals surface area contributed by atoms with Crippen LogP contribution < -0.4 is 5.32 Å². The number of alkyl halides is 3. The van der Waals surface area contributed by atoms with Crippen molar-refractivity contribution in [1.29, 1.82) is 0 Å². The quantitative estimate of drug-likeness (QED) is 0.208. The molecule has 3 aromatic carbocycles. The fourth-order valence-corrected chi connectivity index (χ4v) is 4.48. The summed E-state index contributed by atoms with van der Waals surface area (Å²) in [7, 11) is 1.50. The maximum atomic E-state index is 13.6. The van der Waals surface area contributed by atoms with Gasteiger partial charge in [0.1, 0.15) is 6.54 Å². The number of benzene rings is 3. The number of urea groups is 1. The van der Waals surface area contributed by atoms with Crippen molar-refractivity contribution in [2.24, 2.45) is 0 Å². The normalized spacial score (nSPS) is 11.4. The highest BCUT2D eigenvalue weighted by Crippen LogP contribution is 2.29. The van der Waals surface area contributed by atoms with E-state index in [4.69, 9.17) is 16.3 Å². The van der Waals surface area contributed by atoms with Crippen LogP contribution in [0.25, 0.3) is 10.9 Å². The van der Waals surface area contributed by atoms with Crippen molar-refractivity contribution in [3.8, 4) is 0 Å². The number of H-pyrrole nitrogens is 1. The molecular formula is C30H30ClF3N4O3. The van der Waals surface area contributed by atoms with Gasteiger partial charge < -0.3 is 24.8 Å². The zero-order valence-electron chi connectivity index (χ0n) is 22.4. The van der Waals surface area contributed by atoms with E-state index in [1.165, 1.54) is 24.1 Å². The Morgan fingerprint density at radius 3 is 2.34 bits per heavy atom. The molecule has 0 aliphatic carbocycles. The number of carbonyl (C=O) groups excluding carboxylic acids is 2. The number of aromatic nitrogens is 1. The van der Waals surface area contributed by atoms with Crippen molar-refractivity contribution in [1.82, 2.24) is 14.8 Å². The summed E-state index contributed by atoms with van der Waals surface area (Å²) in [4.78, 5) is 32.8. The lowest BCUT2D eigenvalue weighted by atomic mass is 10.1. The predicted molar refractivity (Wildman–Crippen MR) is 153 cm³/mol. The van der Waals surface area contributed by atoms with E-state index in [9.17, 15) is 22.8 Å². The van der Waals surface area contributed by atoms with Crippen molar-refractivity contribution in [2.75, 3.05) is 38.7 Å². The number of para-hydroxylation sites is 1. The molecule has 0 aliphatic heterocycles. The highest BCUT2D eigenvalue weighted by atomic mass is 35.5. The molecule has 41 heavy (non-hydrogen) atoms. The number of nitrogens with one attached hydrogen (secondary N) is 2. The number of halogens is 4. The molecule has 4 aromatic rings. The average Bonchev–Trinajstić information content (AvgIpc) is 3.37. The maximum absolute atomic E-state index is 13.6. The summed E-state index contributed by atoms with van der Waals surface area (Å²) in [6.07, 6.45) is -2.07. The van der Waals surface area contributed by atoms with Crippen molar-refractivity contribution in [3.63, 3.8) is 0 Å². The molecule has 7 nitrogen and oxygen atoms in total. The van der Waals surface area contributed by atoms with E-state index in [0.717, 1.165) is 28.6 Å². The Labute approximate surface area is 240 Å². The number of ether oxygens (including phenoxy) is 1. The Kier molecular flexibility index (Phi) is 9.91. The third-order valence-corrected chi connectivity index (χ3v) is 6.86. The molecule has 0 saturated heterocycles. The smallest absolute Gasteiger partial charge is 0.383 e. The summed E-state index contributed by atoms with van der Waals surface area (Å²) in [5, 5.41) is 4.30. The second-order valence-corrected chi connectivity index (χ2v) is 9.91. The Balaban J connectivity index is 1.52. The molecule has 0 aliphatic rings. The lowest BCUT2D eigenvalue weighted by Gasteiger charge is -2.28. The van der Waals surface area contributed by atoms with Gasteiger partial charge in [-0.25, -0.2) is 4.79 Å². The first-order valence-electron chi connectivity index (χ1n) is 12.9. The first-order valence-corrected chi connectivity index (χ1v) is 13.3. The highest BCUT2D eigenvalue weighted by molar-refractivity contribution is 6.30. The van der Waals surface area contributed by atoms with Crippen LogP contribution in [-0.2, 0) is 28.7 Å². The predicted octanol–water partition coefficient (Wildman–Crippen LogP) is 6.59. The van der Waals surface area contributed by atoms with Crippen LogP contribution in [0.3, 0.4) is 0 Å². The minimum absolute atomic E-state index is 0.0796. The minimum Gasteiger partial charge on any atom is -0.383 e. The van der Waals surface area contributed by atoms with Crippen LogP contribution in [0, 0.1) is 0 Å². The van der Waals surface area contributed by atoms with Crippen LogP contribution in [0.4, 0.5) is 23.7 Å². The zero-order valence-corrected chi connectivity index (χ0v) is 23.1. The molecule has 1 aromatic heterocycles. The molecule has 11 heteroatoms. The van der Waals surface area contributed by atoms with Crippen LogP contribution in [0.5, 0.6) is 0 Å². The van der Waals surface area contributed by atoms with Crippen LogP contribution in [-0.4, -0.2) is 60.1 Å². The van der Waals surface area contributed by atoms with E-state index in [2.05, 4.69) is 10.3 Å². The van der Waals surface area contributed by atoms with Crippen LogP contribution in [0.1, 0.15) is 16.7 Å². The number of amides is 3. The number of fused-ring (bicyclic) bond motifs is 1. The molecule has 0 radical (unpaired) electrons. The van der Waals surface area contributed by atoms with E-state index in [0.29, 0.717) is 29.2 Å². The summed E-state index contributed by atoms with van der Waals surface area (Å²) in [6, 6.07) is 18.6. The molecule has 0 bridgehead atoms. The number of aromatic amines is 1. The molecule has 216 valence electrons. The van der Waals surface area contributed by atoms with Crippen molar-refractivity contribution >= 4 is 40.1 Å². The molecule has 2 N–H and O–H groups in total. The second kappa shape index (κ2) is 13.6. The monoisotopic (exact) mass is 586 g/mol. The van der Waals surface area contributed by atoms with E-state index in [1.54, 1.807) is 29.2 Å². The van der Waals surface area contributed by atoms with Crippen LogP contribution >= 0.6 is 11.6 Å². The molecular weight excluding hydrogens is 557 g/mol. The first kappa shape index (κ1) is 30.0. The lowest BCUT2D eigenvalue weighted by molar-refractivity contribution is -0.137. The van der Waals surface area contributed by atoms with Crippen LogP contribution in [0.2, 0.25) is 5.02 Å². The highest BCUT2D eigenvalue weighted by Gasteiger charge is 2.30. The van der Waals surface area contributed by atoms with E-state index >= 15 is 0 Å². The molecule has 4 rings (SSSR count). The Bertz CT molecular complexity index is 1460. The number of nitrogens with zero attached hydrogens (tertiary/aromatic N) is 2. The van der Waals surface area contributed by atoms with Crippen molar-refractivity contribution in [3.05, 3.63) is 101 Å². The Morgan fingerprint density at radius 2 is 1.66 bits per heavy atom. The van der Waals surface area contributed by atoms with Gasteiger partial charge in [0.15, 0.2) is 0 Å². The van der Waals surface area contributed by atoms with E-state index in [-0.39, 0.29) is 32.1 Å². The molecule has 0 spiro atoms. The third kappa shape index (κ3) is 8.25. The second-order valence-electron chi connectivity index (χ2n) is 9.47. The SMILES string of the molecule is COCCN(CC(=O)N(CCc1c[nH]c2ccccc12)Cc1ccc(C(F)(F)F)cc1)C(=O)Nc1ccc(Cl)cc1. The van der Waals surface area contributed by atoms with Gasteiger partial charge in [-0.3, -0.25) is 4.79 Å². The van der Waals surface area contributed by atoms with Gasteiger partial charge in [-0.15, -0.1) is 0 Å². The fourth-order valence-electron chi connectivity index (χ4n) is 4.36. The molecule has 3 amide bonds. The topological polar surface area (TPSA) is 77.7 Å². The molecule has 0 saturated carbocycles.